The highest BCUT2D eigenvalue weighted by Crippen LogP contribution is 2.26. The maximum atomic E-state index is 11.8. The summed E-state index contributed by atoms with van der Waals surface area (Å²) in [5.41, 5.74) is 4.90. The van der Waals surface area contributed by atoms with Crippen LogP contribution in [0.5, 0.6) is 0 Å². The fraction of sp³-hybridized carbons (Fsp3) is 0.333. The molecule has 1 rings (SSSR count). The predicted octanol–water partition coefficient (Wildman–Crippen LogP) is -0.407. The van der Waals surface area contributed by atoms with E-state index in [4.69, 9.17) is 11.6 Å². The fourth-order valence-corrected chi connectivity index (χ4v) is 0.497. The summed E-state index contributed by atoms with van der Waals surface area (Å²) in [6.45, 7) is 0. The van der Waals surface area contributed by atoms with Gasteiger partial charge in [0.15, 0.2) is 0 Å². The third-order valence-corrected chi connectivity index (χ3v) is 0.976. The molecule has 0 amide bonds. The number of halogens is 3. The lowest BCUT2D eigenvalue weighted by atomic mass is 10.6. The summed E-state index contributed by atoms with van der Waals surface area (Å²) in [6, 6.07) is 0. The van der Waals surface area contributed by atoms with Crippen LogP contribution in [0.1, 0.15) is 5.82 Å². The summed E-state index contributed by atoms with van der Waals surface area (Å²) >= 11 is 0. The number of hydrogen-bond donors (Lipinski definition) is 2. The zero-order valence-electron chi connectivity index (χ0n) is 5.13. The highest BCUT2D eigenvalue weighted by Gasteiger charge is 2.37. The van der Waals surface area contributed by atoms with Crippen LogP contribution in [0.25, 0.3) is 0 Å². The van der Waals surface area contributed by atoms with Gasteiger partial charge in [-0.25, -0.2) is 4.68 Å². The van der Waals surface area contributed by atoms with Gasteiger partial charge in [0.25, 0.3) is 5.82 Å². The first kappa shape index (κ1) is 7.63. The Balaban J connectivity index is 3.15. The van der Waals surface area contributed by atoms with Crippen LogP contribution in [0.2, 0.25) is 0 Å². The number of nitrogen functional groups attached to an aromatic ring is 2. The average Bonchev–Trinajstić information content (AvgIpc) is 2.11. The van der Waals surface area contributed by atoms with E-state index in [1.807, 2.05) is 0 Å². The molecule has 0 saturated heterocycles. The van der Waals surface area contributed by atoms with Gasteiger partial charge < -0.3 is 11.6 Å². The molecular formula is C3H4F3N5. The Morgan fingerprint density at radius 1 is 1.27 bits per heavy atom. The Bertz CT molecular complexity index is 262. The van der Waals surface area contributed by atoms with E-state index in [9.17, 15) is 13.2 Å². The first-order valence-corrected chi connectivity index (χ1v) is 2.46. The number of alkyl halides is 3. The lowest BCUT2D eigenvalue weighted by molar-refractivity contribution is -0.146. The van der Waals surface area contributed by atoms with Gasteiger partial charge in [-0.2, -0.15) is 13.2 Å². The molecule has 1 aromatic heterocycles. The van der Waals surface area contributed by atoms with E-state index in [1.54, 1.807) is 0 Å². The van der Waals surface area contributed by atoms with Gasteiger partial charge >= 0.3 is 6.18 Å². The molecule has 0 saturated carbocycles. The number of aromatic nitrogens is 3. The maximum Gasteiger partial charge on any atom is 0.453 e. The predicted molar refractivity (Wildman–Crippen MR) is 29.6 cm³/mol. The van der Waals surface area contributed by atoms with Crippen LogP contribution in [-0.2, 0) is 6.18 Å². The highest BCUT2D eigenvalue weighted by atomic mass is 19.4. The topological polar surface area (TPSA) is 82.8 Å². The van der Waals surface area contributed by atoms with E-state index in [2.05, 4.69) is 10.2 Å². The molecule has 1 aromatic rings. The van der Waals surface area contributed by atoms with Crippen molar-refractivity contribution in [3.05, 3.63) is 5.82 Å². The number of rotatable bonds is 0. The molecule has 0 fully saturated rings. The van der Waals surface area contributed by atoms with Crippen molar-refractivity contribution in [1.82, 2.24) is 14.9 Å². The quantitative estimate of drug-likeness (QED) is 0.514. The van der Waals surface area contributed by atoms with Crippen LogP contribution >= 0.6 is 0 Å². The smallest absolute Gasteiger partial charge is 0.366 e. The van der Waals surface area contributed by atoms with Crippen molar-refractivity contribution >= 4 is 5.95 Å². The molecule has 0 aliphatic rings. The molecule has 4 N–H and O–H groups in total. The SMILES string of the molecule is Nc1nnc(C(F)(F)F)n1N. The molecule has 8 heteroatoms. The van der Waals surface area contributed by atoms with Crippen LogP contribution in [0.4, 0.5) is 19.1 Å². The lowest BCUT2D eigenvalue weighted by Gasteiger charge is -2.03. The Morgan fingerprint density at radius 3 is 2.00 bits per heavy atom. The van der Waals surface area contributed by atoms with Gasteiger partial charge in [0, 0.05) is 0 Å². The summed E-state index contributed by atoms with van der Waals surface area (Å²) in [7, 11) is 0. The molecule has 0 aromatic carbocycles. The van der Waals surface area contributed by atoms with Crippen molar-refractivity contribution < 1.29 is 13.2 Å². The molecule has 0 atom stereocenters. The minimum absolute atomic E-state index is 0.181. The van der Waals surface area contributed by atoms with Crippen LogP contribution in [0.3, 0.4) is 0 Å². The average molecular weight is 167 g/mol. The van der Waals surface area contributed by atoms with Gasteiger partial charge in [-0.3, -0.25) is 0 Å². The maximum absolute atomic E-state index is 11.8. The molecule has 0 unspecified atom stereocenters. The van der Waals surface area contributed by atoms with Crippen LogP contribution in [-0.4, -0.2) is 14.9 Å². The molecule has 11 heavy (non-hydrogen) atoms. The minimum atomic E-state index is -4.61. The van der Waals surface area contributed by atoms with E-state index < -0.39 is 17.9 Å². The first-order valence-electron chi connectivity index (χ1n) is 2.46. The van der Waals surface area contributed by atoms with Gasteiger partial charge in [0.05, 0.1) is 0 Å². The van der Waals surface area contributed by atoms with Crippen molar-refractivity contribution in [2.24, 2.45) is 0 Å². The first-order chi connectivity index (χ1) is 4.93. The third kappa shape index (κ3) is 1.18. The van der Waals surface area contributed by atoms with Gasteiger partial charge in [0.1, 0.15) is 0 Å². The second-order valence-corrected chi connectivity index (χ2v) is 1.75. The standard InChI is InChI=1S/C3H4F3N5/c4-3(5,6)1-9-10-2(7)11(1)8/h8H2,(H2,7,10). The van der Waals surface area contributed by atoms with Gasteiger partial charge in [-0.05, 0) is 0 Å². The monoisotopic (exact) mass is 167 g/mol. The van der Waals surface area contributed by atoms with E-state index in [1.165, 1.54) is 0 Å². The number of anilines is 1. The molecular weight excluding hydrogens is 163 g/mol. The highest BCUT2D eigenvalue weighted by molar-refractivity contribution is 5.18. The summed E-state index contributed by atoms with van der Waals surface area (Å²) in [6.07, 6.45) is -4.61. The summed E-state index contributed by atoms with van der Waals surface area (Å²) in [5.74, 6) is 3.05. The molecule has 62 valence electrons. The molecule has 1 heterocycles. The number of nitrogens with zero attached hydrogens (tertiary/aromatic N) is 3. The Labute approximate surface area is 58.8 Å². The molecule has 0 aliphatic carbocycles. The Kier molecular flexibility index (Phi) is 1.39. The zero-order valence-corrected chi connectivity index (χ0v) is 5.13. The second kappa shape index (κ2) is 2.01. The van der Waals surface area contributed by atoms with Crippen molar-refractivity contribution in [3.63, 3.8) is 0 Å². The summed E-state index contributed by atoms with van der Waals surface area (Å²) in [5, 5.41) is 5.65. The minimum Gasteiger partial charge on any atom is -0.366 e. The Hall–Kier alpha value is -1.47. The molecule has 0 radical (unpaired) electrons. The molecule has 5 nitrogen and oxygen atoms in total. The molecule has 0 bridgehead atoms. The van der Waals surface area contributed by atoms with Crippen molar-refractivity contribution in [1.29, 1.82) is 0 Å². The zero-order chi connectivity index (χ0) is 8.65. The number of nitrogens with two attached hydrogens (primary N) is 2. The van der Waals surface area contributed by atoms with Crippen LogP contribution < -0.4 is 11.6 Å². The lowest BCUT2D eigenvalue weighted by Crippen LogP contribution is -2.21. The van der Waals surface area contributed by atoms with E-state index >= 15 is 0 Å². The largest absolute Gasteiger partial charge is 0.453 e. The Morgan fingerprint density at radius 2 is 1.82 bits per heavy atom. The number of hydrogen-bond acceptors (Lipinski definition) is 4. The van der Waals surface area contributed by atoms with E-state index in [0.29, 0.717) is 0 Å². The summed E-state index contributed by atoms with van der Waals surface area (Å²) in [4.78, 5) is 0. The van der Waals surface area contributed by atoms with Crippen molar-refractivity contribution in [2.75, 3.05) is 11.6 Å². The van der Waals surface area contributed by atoms with Gasteiger partial charge in [0.2, 0.25) is 5.95 Å². The van der Waals surface area contributed by atoms with Crippen LogP contribution in [0.15, 0.2) is 0 Å². The molecule has 0 spiro atoms. The summed E-state index contributed by atoms with van der Waals surface area (Å²) < 4.78 is 35.6. The fourth-order valence-electron chi connectivity index (χ4n) is 0.497. The molecule has 0 aliphatic heterocycles. The van der Waals surface area contributed by atoms with Crippen molar-refractivity contribution in [3.8, 4) is 0 Å². The van der Waals surface area contributed by atoms with E-state index in [-0.39, 0.29) is 4.68 Å². The van der Waals surface area contributed by atoms with Gasteiger partial charge in [-0.1, -0.05) is 0 Å². The van der Waals surface area contributed by atoms with Crippen molar-refractivity contribution in [2.45, 2.75) is 6.18 Å². The normalized spacial score (nSPS) is 11.9. The third-order valence-electron chi connectivity index (χ3n) is 0.976. The van der Waals surface area contributed by atoms with Crippen LogP contribution in [0, 0.1) is 0 Å². The van der Waals surface area contributed by atoms with E-state index in [0.717, 1.165) is 0 Å². The van der Waals surface area contributed by atoms with Gasteiger partial charge in [-0.15, -0.1) is 10.2 Å². The second-order valence-electron chi connectivity index (χ2n) is 1.75.